The summed E-state index contributed by atoms with van der Waals surface area (Å²) in [6, 6.07) is 0. The van der Waals surface area contributed by atoms with Gasteiger partial charge >= 0.3 is 0 Å². The molecule has 0 unspecified atom stereocenters. The van der Waals surface area contributed by atoms with Gasteiger partial charge in [0.05, 0.1) is 0 Å². The molecule has 2 atom stereocenters. The average Bonchev–Trinajstić information content (AvgIpc) is 2.04. The van der Waals surface area contributed by atoms with Gasteiger partial charge in [-0.3, -0.25) is 7.05 Å². The number of hydrogen-bond donors (Lipinski definition) is 0. The van der Waals surface area contributed by atoms with E-state index in [0.717, 1.165) is 11.8 Å². The van der Waals surface area contributed by atoms with Crippen molar-refractivity contribution >= 4 is 0 Å². The van der Waals surface area contributed by atoms with Gasteiger partial charge in [-0.25, -0.2) is 0 Å². The molecule has 1 aliphatic heterocycles. The van der Waals surface area contributed by atoms with Crippen molar-refractivity contribution in [2.24, 2.45) is 11.8 Å². The number of likely N-dealkylation sites (tertiary alicyclic amines) is 1. The summed E-state index contributed by atoms with van der Waals surface area (Å²) in [6.07, 6.45) is 7.33. The second-order valence-corrected chi connectivity index (χ2v) is 4.17. The average molecular weight is 152 g/mol. The highest BCUT2D eigenvalue weighted by atomic mass is 15.1. The molecule has 0 N–H and O–H groups in total. The molecule has 0 aromatic rings. The van der Waals surface area contributed by atoms with Gasteiger partial charge in [-0.2, -0.15) is 0 Å². The molecule has 64 valence electrons. The maximum atomic E-state index is 4.02. The number of rotatable bonds is 0. The largest absolute Gasteiger partial charge is 0.459 e. The molecule has 1 aliphatic carbocycles. The van der Waals surface area contributed by atoms with Gasteiger partial charge in [0.25, 0.3) is 0 Å². The summed E-state index contributed by atoms with van der Waals surface area (Å²) in [6.45, 7) is 2.51. The summed E-state index contributed by atoms with van der Waals surface area (Å²) in [7, 11) is 4.02. The Labute approximate surface area is 69.8 Å². The Kier molecular flexibility index (Phi) is 2.17. The van der Waals surface area contributed by atoms with E-state index in [9.17, 15) is 0 Å². The molecule has 2 rings (SSSR count). The zero-order valence-corrected chi connectivity index (χ0v) is 7.26. The van der Waals surface area contributed by atoms with Gasteiger partial charge in [0, 0.05) is 0 Å². The van der Waals surface area contributed by atoms with Crippen LogP contribution in [0.25, 0.3) is 0 Å². The first-order valence-electron chi connectivity index (χ1n) is 4.92. The molecule has 1 saturated carbocycles. The van der Waals surface area contributed by atoms with Gasteiger partial charge in [-0.15, -0.1) is 0 Å². The molecule has 0 spiro atoms. The van der Waals surface area contributed by atoms with Crippen molar-refractivity contribution in [2.75, 3.05) is 13.1 Å². The predicted molar refractivity (Wildman–Crippen MR) is 47.0 cm³/mol. The molecule has 0 aromatic carbocycles. The molecule has 2 fully saturated rings. The van der Waals surface area contributed by atoms with Crippen molar-refractivity contribution in [1.29, 1.82) is 0 Å². The van der Waals surface area contributed by atoms with Crippen LogP contribution in [0.3, 0.4) is 0 Å². The first-order chi connectivity index (χ1) is 5.36. The van der Waals surface area contributed by atoms with E-state index < -0.39 is 0 Å². The van der Waals surface area contributed by atoms with E-state index in [-0.39, 0.29) is 0 Å². The van der Waals surface area contributed by atoms with E-state index in [0.29, 0.717) is 0 Å². The number of hydrogen-bond acceptors (Lipinski definition) is 1. The van der Waals surface area contributed by atoms with Gasteiger partial charge in [0.15, 0.2) is 0 Å². The van der Waals surface area contributed by atoms with Crippen LogP contribution in [0.2, 0.25) is 0 Å². The Morgan fingerprint density at radius 3 is 2.55 bits per heavy atom. The molecule has 11 heavy (non-hydrogen) atoms. The van der Waals surface area contributed by atoms with Gasteiger partial charge in [0.1, 0.15) is 0 Å². The molecule has 1 saturated heterocycles. The number of nitrogens with zero attached hydrogens (tertiary/aromatic N) is 1. The van der Waals surface area contributed by atoms with Crippen LogP contribution in [0.5, 0.6) is 0 Å². The van der Waals surface area contributed by atoms with Gasteiger partial charge < -0.3 is 4.90 Å². The molecule has 1 heterocycles. The fourth-order valence-electron chi connectivity index (χ4n) is 2.68. The van der Waals surface area contributed by atoms with Crippen molar-refractivity contribution in [3.8, 4) is 0 Å². The van der Waals surface area contributed by atoms with Crippen LogP contribution in [0.4, 0.5) is 0 Å². The minimum atomic E-state index is 0.995. The fraction of sp³-hybridized carbons (Fsp3) is 0.900. The Morgan fingerprint density at radius 2 is 1.73 bits per heavy atom. The lowest BCUT2D eigenvalue weighted by Crippen LogP contribution is -2.38. The zero-order valence-electron chi connectivity index (χ0n) is 7.26. The smallest absolute Gasteiger partial charge is 0.0272 e. The Bertz CT molecular complexity index is 133. The summed E-state index contributed by atoms with van der Waals surface area (Å²) in [5.74, 6) is 2.05. The van der Waals surface area contributed by atoms with Crippen LogP contribution in [0.15, 0.2) is 0 Å². The highest BCUT2D eigenvalue weighted by molar-refractivity contribution is 4.82. The van der Waals surface area contributed by atoms with Crippen LogP contribution in [0, 0.1) is 18.9 Å². The zero-order chi connectivity index (χ0) is 7.68. The maximum absolute atomic E-state index is 4.02. The summed E-state index contributed by atoms with van der Waals surface area (Å²) in [5, 5.41) is 0. The summed E-state index contributed by atoms with van der Waals surface area (Å²) in [5.41, 5.74) is 0. The predicted octanol–water partition coefficient (Wildman–Crippen LogP) is 2.29. The third kappa shape index (κ3) is 1.58. The molecular formula is C10H18N-. The molecule has 0 aromatic heterocycles. The highest BCUT2D eigenvalue weighted by Gasteiger charge is 2.27. The first kappa shape index (κ1) is 7.60. The summed E-state index contributed by atoms with van der Waals surface area (Å²) < 4.78 is 0. The molecule has 1 nitrogen and oxygen atoms in total. The van der Waals surface area contributed by atoms with Crippen molar-refractivity contribution in [3.63, 3.8) is 0 Å². The van der Waals surface area contributed by atoms with E-state index in [1.165, 1.54) is 45.2 Å². The van der Waals surface area contributed by atoms with E-state index >= 15 is 0 Å². The van der Waals surface area contributed by atoms with Crippen LogP contribution in [0.1, 0.15) is 32.1 Å². The lowest BCUT2D eigenvalue weighted by Gasteiger charge is -2.43. The summed E-state index contributed by atoms with van der Waals surface area (Å²) in [4.78, 5) is 2.26. The van der Waals surface area contributed by atoms with Crippen LogP contribution >= 0.6 is 0 Å². The van der Waals surface area contributed by atoms with Crippen molar-refractivity contribution in [3.05, 3.63) is 7.05 Å². The second kappa shape index (κ2) is 3.14. The molecule has 2 aliphatic rings. The lowest BCUT2D eigenvalue weighted by atomic mass is 9.75. The number of piperidine rings is 1. The Balaban J connectivity index is 1.93. The van der Waals surface area contributed by atoms with E-state index in [2.05, 4.69) is 11.9 Å². The van der Waals surface area contributed by atoms with Gasteiger partial charge in [0.2, 0.25) is 0 Å². The van der Waals surface area contributed by atoms with Crippen LogP contribution in [-0.4, -0.2) is 18.0 Å². The quantitative estimate of drug-likeness (QED) is 0.481. The second-order valence-electron chi connectivity index (χ2n) is 4.17. The monoisotopic (exact) mass is 152 g/mol. The molecule has 0 amide bonds. The molecule has 0 bridgehead atoms. The summed E-state index contributed by atoms with van der Waals surface area (Å²) >= 11 is 0. The van der Waals surface area contributed by atoms with E-state index in [4.69, 9.17) is 0 Å². The minimum Gasteiger partial charge on any atom is -0.459 e. The van der Waals surface area contributed by atoms with E-state index in [1.54, 1.807) is 0 Å². The van der Waals surface area contributed by atoms with Crippen LogP contribution in [-0.2, 0) is 0 Å². The lowest BCUT2D eigenvalue weighted by molar-refractivity contribution is 0.116. The standard InChI is InChI=1S/C10H18N/c1-11-7-6-9-4-2-3-5-10(9)8-11/h9-10H,1-8H2/q-1/t9-,10+/m0/s1. The van der Waals surface area contributed by atoms with Crippen molar-refractivity contribution in [1.82, 2.24) is 4.90 Å². The fourth-order valence-corrected chi connectivity index (χ4v) is 2.68. The van der Waals surface area contributed by atoms with Crippen molar-refractivity contribution < 1.29 is 0 Å². The highest BCUT2D eigenvalue weighted by Crippen LogP contribution is 2.35. The van der Waals surface area contributed by atoms with Crippen molar-refractivity contribution in [2.45, 2.75) is 32.1 Å². The minimum absolute atomic E-state index is 0.995. The third-order valence-electron chi connectivity index (χ3n) is 3.38. The maximum Gasteiger partial charge on any atom is -0.0272 e. The topological polar surface area (TPSA) is 3.24 Å². The first-order valence-corrected chi connectivity index (χ1v) is 4.92. The number of fused-ring (bicyclic) bond motifs is 1. The van der Waals surface area contributed by atoms with Gasteiger partial charge in [-0.1, -0.05) is 19.3 Å². The SMILES string of the molecule is [CH2-]N1CC[C@@H]2CCCC[C@@H]2C1. The molecular weight excluding hydrogens is 134 g/mol. The Morgan fingerprint density at radius 1 is 1.00 bits per heavy atom. The Hall–Kier alpha value is -0.0400. The third-order valence-corrected chi connectivity index (χ3v) is 3.38. The van der Waals surface area contributed by atoms with E-state index in [1.807, 2.05) is 0 Å². The molecule has 0 radical (unpaired) electrons. The molecule has 1 heteroatoms. The van der Waals surface area contributed by atoms with Gasteiger partial charge in [-0.05, 0) is 37.8 Å². The van der Waals surface area contributed by atoms with Crippen LogP contribution < -0.4 is 0 Å². The normalized spacial score (nSPS) is 40.1.